The minimum absolute atomic E-state index is 0.0783. The monoisotopic (exact) mass is 157 g/mol. The second kappa shape index (κ2) is 2.49. The Morgan fingerprint density at radius 3 is 3.00 bits per heavy atom. The van der Waals surface area contributed by atoms with E-state index in [0.717, 1.165) is 0 Å². The summed E-state index contributed by atoms with van der Waals surface area (Å²) in [5, 5.41) is 22.6. The van der Waals surface area contributed by atoms with Crippen molar-refractivity contribution in [3.8, 4) is 11.6 Å². The summed E-state index contributed by atoms with van der Waals surface area (Å²) in [4.78, 5) is 0.109. The fraction of sp³-hybridized carbons (Fsp3) is 0.200. The van der Waals surface area contributed by atoms with Crippen LogP contribution in [0.15, 0.2) is 6.07 Å². The molecule has 0 aliphatic carbocycles. The molecule has 0 aromatic carbocycles. The molecule has 1 heterocycles. The fourth-order valence-corrected chi connectivity index (χ4v) is 0.597. The first kappa shape index (κ1) is 7.39. The quantitative estimate of drug-likeness (QED) is 0.403. The predicted molar refractivity (Wildman–Crippen MR) is 35.8 cm³/mol. The molecule has 1 aromatic rings. The predicted octanol–water partition coefficient (Wildman–Crippen LogP) is -0.989. The Morgan fingerprint density at radius 2 is 2.45 bits per heavy atom. The van der Waals surface area contributed by atoms with Gasteiger partial charge in [-0.05, 0) is 5.10 Å². The number of anilines is 1. The van der Waals surface area contributed by atoms with E-state index in [0.29, 0.717) is 0 Å². The van der Waals surface area contributed by atoms with Gasteiger partial charge in [0.25, 0.3) is 5.88 Å². The number of nitrogens with zero attached hydrogens (tertiary/aromatic N) is 2. The molecule has 0 unspecified atom stereocenters. The Bertz CT molecular complexity index is 276. The Kier molecular flexibility index (Phi) is 1.67. The summed E-state index contributed by atoms with van der Waals surface area (Å²) in [5.41, 5.74) is 5.16. The van der Waals surface area contributed by atoms with Gasteiger partial charge in [-0.15, -0.1) is 4.85 Å². The third kappa shape index (κ3) is 1.23. The van der Waals surface area contributed by atoms with Crippen molar-refractivity contribution in [1.82, 2.24) is 5.10 Å². The highest BCUT2D eigenvalue weighted by Crippen LogP contribution is 2.21. The lowest BCUT2D eigenvalue weighted by atomic mass is 10.5. The van der Waals surface area contributed by atoms with E-state index in [4.69, 9.17) is 10.8 Å². The lowest BCUT2D eigenvalue weighted by Gasteiger charge is -2.04. The van der Waals surface area contributed by atoms with Gasteiger partial charge in [0, 0.05) is 0 Å². The zero-order valence-electron chi connectivity index (χ0n) is 5.81. The van der Waals surface area contributed by atoms with Crippen molar-refractivity contribution in [3.63, 3.8) is 0 Å². The third-order valence-electron chi connectivity index (χ3n) is 1.13. The molecule has 60 valence electrons. The van der Waals surface area contributed by atoms with Crippen molar-refractivity contribution in [1.29, 1.82) is 0 Å². The number of aromatic nitrogens is 2. The Morgan fingerprint density at radius 1 is 1.82 bits per heavy atom. The molecule has 0 bridgehead atoms. The molecule has 6 heteroatoms. The molecule has 0 fully saturated rings. The van der Waals surface area contributed by atoms with E-state index in [2.05, 4.69) is 9.84 Å². The standard InChI is InChI=1S/C5H7N3O3/c1-11-3-2-4(6)8(10)7-5(3)9/h2H,6H2,1H3,(H,7,9). The normalized spacial score (nSPS) is 9.55. The SMILES string of the molecule is COc1cc(N)[n+]([O-])nc1O. The molecule has 0 aliphatic heterocycles. The van der Waals surface area contributed by atoms with Crippen molar-refractivity contribution >= 4 is 5.82 Å². The maximum atomic E-state index is 10.6. The molecule has 11 heavy (non-hydrogen) atoms. The van der Waals surface area contributed by atoms with Crippen LogP contribution in [0.5, 0.6) is 11.6 Å². The highest BCUT2D eigenvalue weighted by atomic mass is 16.5. The van der Waals surface area contributed by atoms with Crippen LogP contribution in [0.2, 0.25) is 0 Å². The number of hydrogen-bond donors (Lipinski definition) is 2. The molecule has 1 rings (SSSR count). The third-order valence-corrected chi connectivity index (χ3v) is 1.13. The zero-order chi connectivity index (χ0) is 8.43. The summed E-state index contributed by atoms with van der Waals surface area (Å²) in [6, 6.07) is 1.19. The average Bonchev–Trinajstić information content (AvgIpc) is 1.97. The van der Waals surface area contributed by atoms with Crippen molar-refractivity contribution < 1.29 is 14.7 Å². The average molecular weight is 157 g/mol. The molecule has 3 N–H and O–H groups in total. The van der Waals surface area contributed by atoms with E-state index < -0.39 is 5.88 Å². The molecule has 0 atom stereocenters. The zero-order valence-corrected chi connectivity index (χ0v) is 5.81. The van der Waals surface area contributed by atoms with Crippen LogP contribution < -0.4 is 15.3 Å². The van der Waals surface area contributed by atoms with E-state index in [-0.39, 0.29) is 16.4 Å². The van der Waals surface area contributed by atoms with Crippen LogP contribution >= 0.6 is 0 Å². The summed E-state index contributed by atoms with van der Waals surface area (Å²) in [6.45, 7) is 0. The molecular weight excluding hydrogens is 150 g/mol. The number of ether oxygens (including phenoxy) is 1. The molecule has 1 aromatic heterocycles. The summed E-state index contributed by atoms with van der Waals surface area (Å²) < 4.78 is 4.64. The molecule has 0 amide bonds. The number of methoxy groups -OCH3 is 1. The van der Waals surface area contributed by atoms with E-state index in [1.807, 2.05) is 0 Å². The van der Waals surface area contributed by atoms with Crippen LogP contribution in [0.25, 0.3) is 0 Å². The van der Waals surface area contributed by atoms with E-state index in [1.54, 1.807) is 0 Å². The molecule has 0 radical (unpaired) electrons. The van der Waals surface area contributed by atoms with Crippen molar-refractivity contribution in [2.75, 3.05) is 12.8 Å². The van der Waals surface area contributed by atoms with Gasteiger partial charge in [-0.2, -0.15) is 0 Å². The second-order valence-corrected chi connectivity index (χ2v) is 1.83. The van der Waals surface area contributed by atoms with E-state index in [9.17, 15) is 5.21 Å². The molecule has 0 aliphatic rings. The van der Waals surface area contributed by atoms with Crippen LogP contribution in [0.1, 0.15) is 0 Å². The van der Waals surface area contributed by atoms with Gasteiger partial charge in [-0.25, -0.2) is 0 Å². The number of hydrogen-bond acceptors (Lipinski definition) is 5. The summed E-state index contributed by atoms with van der Waals surface area (Å²) in [6.07, 6.45) is 0. The van der Waals surface area contributed by atoms with Crippen molar-refractivity contribution in [2.45, 2.75) is 0 Å². The number of nitrogens with two attached hydrogens (primary N) is 1. The smallest absolute Gasteiger partial charge is 0.300 e. The first-order valence-corrected chi connectivity index (χ1v) is 2.78. The number of nitrogen functional groups attached to an aromatic ring is 1. The maximum Gasteiger partial charge on any atom is 0.300 e. The van der Waals surface area contributed by atoms with Gasteiger partial charge in [0.2, 0.25) is 0 Å². The lowest BCUT2D eigenvalue weighted by molar-refractivity contribution is -0.655. The van der Waals surface area contributed by atoms with Crippen LogP contribution in [-0.2, 0) is 0 Å². The van der Waals surface area contributed by atoms with Crippen molar-refractivity contribution in [3.05, 3.63) is 11.3 Å². The van der Waals surface area contributed by atoms with Gasteiger partial charge in [0.05, 0.1) is 13.2 Å². The van der Waals surface area contributed by atoms with Crippen LogP contribution in [0.3, 0.4) is 0 Å². The van der Waals surface area contributed by atoms with E-state index >= 15 is 0 Å². The largest absolute Gasteiger partial charge is 0.691 e. The van der Waals surface area contributed by atoms with Crippen LogP contribution in [-0.4, -0.2) is 17.3 Å². The Balaban J connectivity index is 3.21. The molecule has 0 saturated heterocycles. The molecule has 0 spiro atoms. The van der Waals surface area contributed by atoms with Gasteiger partial charge in [-0.3, -0.25) is 5.73 Å². The Labute approximate surface area is 62.4 Å². The lowest BCUT2D eigenvalue weighted by Crippen LogP contribution is -2.34. The van der Waals surface area contributed by atoms with E-state index in [1.165, 1.54) is 13.2 Å². The molecule has 6 nitrogen and oxygen atoms in total. The minimum atomic E-state index is -0.475. The minimum Gasteiger partial charge on any atom is -0.691 e. The molecule has 0 saturated carbocycles. The van der Waals surface area contributed by atoms with Crippen LogP contribution in [0.4, 0.5) is 5.82 Å². The summed E-state index contributed by atoms with van der Waals surface area (Å²) in [5.74, 6) is -0.522. The summed E-state index contributed by atoms with van der Waals surface area (Å²) >= 11 is 0. The first-order chi connectivity index (χ1) is 5.15. The highest BCUT2D eigenvalue weighted by molar-refractivity contribution is 5.37. The van der Waals surface area contributed by atoms with Gasteiger partial charge < -0.3 is 15.1 Å². The highest BCUT2D eigenvalue weighted by Gasteiger charge is 2.08. The first-order valence-electron chi connectivity index (χ1n) is 2.78. The summed E-state index contributed by atoms with van der Waals surface area (Å²) in [7, 11) is 1.34. The second-order valence-electron chi connectivity index (χ2n) is 1.83. The fourth-order valence-electron chi connectivity index (χ4n) is 0.597. The van der Waals surface area contributed by atoms with Gasteiger partial charge >= 0.3 is 5.82 Å². The van der Waals surface area contributed by atoms with Gasteiger partial charge in [0.15, 0.2) is 5.75 Å². The van der Waals surface area contributed by atoms with Crippen LogP contribution in [0, 0.1) is 5.21 Å². The van der Waals surface area contributed by atoms with Gasteiger partial charge in [0.1, 0.15) is 0 Å². The van der Waals surface area contributed by atoms with Crippen molar-refractivity contribution in [2.24, 2.45) is 0 Å². The van der Waals surface area contributed by atoms with Gasteiger partial charge in [-0.1, -0.05) is 0 Å². The number of aromatic hydroxyl groups is 1. The Hall–Kier alpha value is -1.72. The maximum absolute atomic E-state index is 10.6. The topological polar surface area (TPSA) is 95.3 Å². The number of rotatable bonds is 1. The molecular formula is C5H7N3O3.